The molecule has 0 unspecified atom stereocenters. The average molecular weight is 435 g/mol. The van der Waals surface area contributed by atoms with E-state index in [1.165, 1.54) is 27.4 Å². The topological polar surface area (TPSA) is 114 Å². The number of nitrogens with zero attached hydrogens (tertiary/aromatic N) is 4. The molecule has 0 aliphatic carbocycles. The number of rotatable bonds is 7. The number of hydrogen-bond acceptors (Lipinski definition) is 8. The summed E-state index contributed by atoms with van der Waals surface area (Å²) in [7, 11) is 4.62. The van der Waals surface area contributed by atoms with Gasteiger partial charge < -0.3 is 24.1 Å². The van der Waals surface area contributed by atoms with Crippen molar-refractivity contribution < 1.29 is 19.1 Å². The van der Waals surface area contributed by atoms with Crippen LogP contribution < -0.4 is 19.5 Å². The molecule has 0 bridgehead atoms. The molecule has 32 heavy (non-hydrogen) atoms. The van der Waals surface area contributed by atoms with E-state index in [2.05, 4.69) is 15.3 Å². The lowest BCUT2D eigenvalue weighted by Crippen LogP contribution is -2.03. The van der Waals surface area contributed by atoms with E-state index < -0.39 is 4.92 Å². The summed E-state index contributed by atoms with van der Waals surface area (Å²) in [4.78, 5) is 20.0. The van der Waals surface area contributed by atoms with Gasteiger partial charge in [0.1, 0.15) is 5.65 Å². The van der Waals surface area contributed by atoms with Crippen LogP contribution in [0.3, 0.4) is 0 Å². The largest absolute Gasteiger partial charge is 0.493 e. The minimum atomic E-state index is -0.392. The number of nitro benzene ring substituents is 1. The molecular weight excluding hydrogens is 414 g/mol. The fourth-order valence-corrected chi connectivity index (χ4v) is 3.53. The smallest absolute Gasteiger partial charge is 0.274 e. The molecule has 0 fully saturated rings. The van der Waals surface area contributed by atoms with Crippen LogP contribution in [0.2, 0.25) is 0 Å². The number of benzene rings is 2. The molecule has 2 aromatic heterocycles. The van der Waals surface area contributed by atoms with Gasteiger partial charge in [0, 0.05) is 41.7 Å². The predicted molar refractivity (Wildman–Crippen MR) is 120 cm³/mol. The Kier molecular flexibility index (Phi) is 5.50. The number of nitrogens with one attached hydrogen (secondary N) is 1. The molecule has 0 aliphatic rings. The van der Waals surface area contributed by atoms with E-state index in [0.29, 0.717) is 45.8 Å². The lowest BCUT2D eigenvalue weighted by Gasteiger charge is -2.14. The van der Waals surface area contributed by atoms with Crippen molar-refractivity contribution in [2.24, 2.45) is 0 Å². The number of fused-ring (bicyclic) bond motifs is 1. The van der Waals surface area contributed by atoms with Crippen LogP contribution >= 0.6 is 0 Å². The molecule has 0 saturated carbocycles. The average Bonchev–Trinajstić information content (AvgIpc) is 3.21. The second-order valence-corrected chi connectivity index (χ2v) is 6.88. The maximum atomic E-state index is 11.3. The number of hydrogen-bond donors (Lipinski definition) is 1. The van der Waals surface area contributed by atoms with Crippen LogP contribution in [0.25, 0.3) is 16.7 Å². The van der Waals surface area contributed by atoms with Crippen molar-refractivity contribution >= 4 is 28.4 Å². The summed E-state index contributed by atoms with van der Waals surface area (Å²) in [5.74, 6) is 1.80. The summed E-state index contributed by atoms with van der Waals surface area (Å²) in [6.07, 6.45) is 3.50. The Hall–Kier alpha value is -4.34. The van der Waals surface area contributed by atoms with Gasteiger partial charge in [-0.15, -0.1) is 0 Å². The Morgan fingerprint density at radius 2 is 1.78 bits per heavy atom. The SMILES string of the molecule is COc1cc(Nc2ncc3ccn(-c4cccc([N+](=O)[O-])c4C)c3n2)cc(OC)c1OC. The number of nitro groups is 1. The first kappa shape index (κ1) is 20.9. The van der Waals surface area contributed by atoms with E-state index in [0.717, 1.165) is 5.39 Å². The zero-order chi connectivity index (χ0) is 22.8. The minimum absolute atomic E-state index is 0.0502. The number of anilines is 2. The summed E-state index contributed by atoms with van der Waals surface area (Å²) in [5, 5.41) is 15.3. The Morgan fingerprint density at radius 3 is 2.41 bits per heavy atom. The third-order valence-electron chi connectivity index (χ3n) is 5.08. The van der Waals surface area contributed by atoms with Crippen LogP contribution in [0.15, 0.2) is 48.8 Å². The molecule has 0 radical (unpaired) electrons. The van der Waals surface area contributed by atoms with Gasteiger partial charge in [0.05, 0.1) is 37.5 Å². The van der Waals surface area contributed by atoms with Crippen LogP contribution in [0.5, 0.6) is 17.2 Å². The summed E-state index contributed by atoms with van der Waals surface area (Å²) in [6, 6.07) is 10.3. The normalized spacial score (nSPS) is 10.8. The maximum Gasteiger partial charge on any atom is 0.274 e. The van der Waals surface area contributed by atoms with Crippen molar-refractivity contribution in [3.05, 3.63) is 64.5 Å². The van der Waals surface area contributed by atoms with E-state index in [1.54, 1.807) is 35.9 Å². The van der Waals surface area contributed by atoms with E-state index in [9.17, 15) is 10.1 Å². The first-order chi connectivity index (χ1) is 15.5. The van der Waals surface area contributed by atoms with Crippen LogP contribution in [0.4, 0.5) is 17.3 Å². The first-order valence-corrected chi connectivity index (χ1v) is 9.62. The van der Waals surface area contributed by atoms with Crippen molar-refractivity contribution in [2.75, 3.05) is 26.6 Å². The highest BCUT2D eigenvalue weighted by Gasteiger charge is 2.17. The highest BCUT2D eigenvalue weighted by atomic mass is 16.6. The molecule has 4 rings (SSSR count). The lowest BCUT2D eigenvalue weighted by atomic mass is 10.1. The number of methoxy groups -OCH3 is 3. The fourth-order valence-electron chi connectivity index (χ4n) is 3.53. The summed E-state index contributed by atoms with van der Waals surface area (Å²) in [5.41, 5.74) is 2.52. The summed E-state index contributed by atoms with van der Waals surface area (Å²) < 4.78 is 17.9. The highest BCUT2D eigenvalue weighted by molar-refractivity contribution is 5.79. The Morgan fingerprint density at radius 1 is 1.06 bits per heavy atom. The molecule has 2 aromatic carbocycles. The zero-order valence-electron chi connectivity index (χ0n) is 17.9. The molecule has 10 heteroatoms. The molecule has 1 N–H and O–H groups in total. The Labute approximate surface area is 183 Å². The molecular formula is C22H21N5O5. The Balaban J connectivity index is 1.76. The van der Waals surface area contributed by atoms with Gasteiger partial charge in [-0.25, -0.2) is 4.98 Å². The molecule has 4 aromatic rings. The van der Waals surface area contributed by atoms with Crippen LogP contribution in [0, 0.1) is 17.0 Å². The van der Waals surface area contributed by atoms with Gasteiger partial charge >= 0.3 is 0 Å². The molecule has 10 nitrogen and oxygen atoms in total. The number of ether oxygens (including phenoxy) is 3. The molecule has 0 amide bonds. The molecule has 164 valence electrons. The van der Waals surface area contributed by atoms with Crippen molar-refractivity contribution in [2.45, 2.75) is 6.92 Å². The molecule has 0 saturated heterocycles. The van der Waals surface area contributed by atoms with Gasteiger partial charge in [-0.05, 0) is 19.1 Å². The highest BCUT2D eigenvalue weighted by Crippen LogP contribution is 2.40. The lowest BCUT2D eigenvalue weighted by molar-refractivity contribution is -0.385. The van der Waals surface area contributed by atoms with Crippen LogP contribution in [-0.2, 0) is 0 Å². The second-order valence-electron chi connectivity index (χ2n) is 6.88. The Bertz CT molecular complexity index is 1290. The second kappa shape index (κ2) is 8.42. The van der Waals surface area contributed by atoms with Crippen LogP contribution in [0.1, 0.15) is 5.56 Å². The van der Waals surface area contributed by atoms with Crippen molar-refractivity contribution in [1.82, 2.24) is 14.5 Å². The standard InChI is InChI=1S/C22H21N5O5/c1-13-16(6-5-7-17(13)27(28)29)26-9-8-14-12-23-22(25-21(14)26)24-15-10-18(30-2)20(32-4)19(11-15)31-3/h5-12H,1-4H3,(H,23,24,25). The van der Waals surface area contributed by atoms with Crippen molar-refractivity contribution in [3.63, 3.8) is 0 Å². The van der Waals surface area contributed by atoms with Gasteiger partial charge in [-0.2, -0.15) is 4.98 Å². The zero-order valence-corrected chi connectivity index (χ0v) is 17.9. The van der Waals surface area contributed by atoms with E-state index in [1.807, 2.05) is 18.3 Å². The molecule has 2 heterocycles. The van der Waals surface area contributed by atoms with Gasteiger partial charge in [0.2, 0.25) is 11.7 Å². The third-order valence-corrected chi connectivity index (χ3v) is 5.08. The van der Waals surface area contributed by atoms with Gasteiger partial charge in [0.25, 0.3) is 5.69 Å². The van der Waals surface area contributed by atoms with Gasteiger partial charge in [0.15, 0.2) is 11.5 Å². The summed E-state index contributed by atoms with van der Waals surface area (Å²) in [6.45, 7) is 1.72. The van der Waals surface area contributed by atoms with Crippen molar-refractivity contribution in [1.29, 1.82) is 0 Å². The van der Waals surface area contributed by atoms with E-state index >= 15 is 0 Å². The molecule has 0 atom stereocenters. The van der Waals surface area contributed by atoms with Crippen molar-refractivity contribution in [3.8, 4) is 22.9 Å². The number of aromatic nitrogens is 3. The van der Waals surface area contributed by atoms with Gasteiger partial charge in [-0.1, -0.05) is 6.07 Å². The third kappa shape index (κ3) is 3.62. The summed E-state index contributed by atoms with van der Waals surface area (Å²) >= 11 is 0. The predicted octanol–water partition coefficient (Wildman–Crippen LogP) is 4.41. The van der Waals surface area contributed by atoms with Gasteiger partial charge in [-0.3, -0.25) is 10.1 Å². The maximum absolute atomic E-state index is 11.3. The minimum Gasteiger partial charge on any atom is -0.493 e. The van der Waals surface area contributed by atoms with E-state index in [4.69, 9.17) is 14.2 Å². The van der Waals surface area contributed by atoms with E-state index in [-0.39, 0.29) is 5.69 Å². The first-order valence-electron chi connectivity index (χ1n) is 9.62. The van der Waals surface area contributed by atoms with Crippen LogP contribution in [-0.4, -0.2) is 40.8 Å². The monoisotopic (exact) mass is 435 g/mol. The molecule has 0 aliphatic heterocycles. The fraction of sp³-hybridized carbons (Fsp3) is 0.182. The quantitative estimate of drug-likeness (QED) is 0.335. The molecule has 0 spiro atoms.